The van der Waals surface area contributed by atoms with E-state index < -0.39 is 6.10 Å². The molecule has 3 heteroatoms. The molecule has 0 radical (unpaired) electrons. The van der Waals surface area contributed by atoms with Crippen LogP contribution in [-0.4, -0.2) is 23.3 Å². The molecule has 0 bridgehead atoms. The van der Waals surface area contributed by atoms with Gasteiger partial charge in [-0.1, -0.05) is 12.2 Å². The Hall–Kier alpha value is -0.960. The number of ketones is 1. The van der Waals surface area contributed by atoms with Gasteiger partial charge >= 0.3 is 0 Å². The number of carbonyl (C=O) groups is 2. The molecule has 1 fully saturated rings. The molecule has 0 aliphatic heterocycles. The zero-order valence-corrected chi connectivity index (χ0v) is 7.93. The topological polar surface area (TPSA) is 54.4 Å². The lowest BCUT2D eigenvalue weighted by molar-refractivity contribution is -0.128. The van der Waals surface area contributed by atoms with E-state index in [2.05, 4.69) is 0 Å². The summed E-state index contributed by atoms with van der Waals surface area (Å²) in [6.45, 7) is 0. The molecular weight excluding hydrogens is 180 g/mol. The first-order valence-electron chi connectivity index (χ1n) is 5.08. The van der Waals surface area contributed by atoms with Crippen molar-refractivity contribution in [2.45, 2.75) is 25.4 Å². The molecule has 4 unspecified atom stereocenters. The average Bonchev–Trinajstić information content (AvgIpc) is 2.94. The normalized spacial score (nSPS) is 40.6. The lowest BCUT2D eigenvalue weighted by atomic mass is 9.80. The van der Waals surface area contributed by atoms with E-state index in [-0.39, 0.29) is 23.5 Å². The minimum Gasteiger partial charge on any atom is -0.392 e. The van der Waals surface area contributed by atoms with Crippen LogP contribution in [-0.2, 0) is 9.59 Å². The minimum atomic E-state index is -0.444. The lowest BCUT2D eigenvalue weighted by Crippen LogP contribution is -2.27. The molecule has 0 saturated heterocycles. The molecule has 0 aromatic carbocycles. The van der Waals surface area contributed by atoms with E-state index in [0.717, 1.165) is 19.1 Å². The Balaban J connectivity index is 2.05. The molecule has 2 aliphatic carbocycles. The Morgan fingerprint density at radius 3 is 2.71 bits per heavy atom. The largest absolute Gasteiger partial charge is 0.392 e. The van der Waals surface area contributed by atoms with Crippen molar-refractivity contribution in [2.24, 2.45) is 17.8 Å². The Kier molecular flexibility index (Phi) is 2.50. The van der Waals surface area contributed by atoms with Gasteiger partial charge in [-0.3, -0.25) is 4.79 Å². The van der Waals surface area contributed by atoms with Gasteiger partial charge in [0.1, 0.15) is 12.1 Å². The third-order valence-corrected chi connectivity index (χ3v) is 3.11. The van der Waals surface area contributed by atoms with Crippen LogP contribution in [0.1, 0.15) is 19.3 Å². The van der Waals surface area contributed by atoms with Gasteiger partial charge in [0.25, 0.3) is 0 Å². The van der Waals surface area contributed by atoms with E-state index in [1.165, 1.54) is 0 Å². The van der Waals surface area contributed by atoms with Gasteiger partial charge in [0.05, 0.1) is 6.10 Å². The first kappa shape index (κ1) is 9.59. The Labute approximate surface area is 82.8 Å². The summed E-state index contributed by atoms with van der Waals surface area (Å²) in [5.74, 6) is -0.545. The predicted molar refractivity (Wildman–Crippen MR) is 50.5 cm³/mol. The fraction of sp³-hybridized carbons (Fsp3) is 0.636. The van der Waals surface area contributed by atoms with Crippen molar-refractivity contribution in [1.82, 2.24) is 0 Å². The Morgan fingerprint density at radius 1 is 1.43 bits per heavy atom. The maximum absolute atomic E-state index is 11.8. The van der Waals surface area contributed by atoms with E-state index in [0.29, 0.717) is 6.42 Å². The van der Waals surface area contributed by atoms with Crippen LogP contribution in [0, 0.1) is 17.8 Å². The third-order valence-electron chi connectivity index (χ3n) is 3.11. The first-order chi connectivity index (χ1) is 6.74. The summed E-state index contributed by atoms with van der Waals surface area (Å²) in [6.07, 6.45) is 6.36. The number of rotatable bonds is 3. The smallest absolute Gasteiger partial charge is 0.142 e. The maximum atomic E-state index is 11.8. The molecule has 0 amide bonds. The summed E-state index contributed by atoms with van der Waals surface area (Å²) in [5, 5.41) is 9.16. The molecular formula is C11H14O3. The van der Waals surface area contributed by atoms with Crippen LogP contribution in [0.4, 0.5) is 0 Å². The zero-order valence-electron chi connectivity index (χ0n) is 7.93. The quantitative estimate of drug-likeness (QED) is 0.532. The van der Waals surface area contributed by atoms with Crippen LogP contribution >= 0.6 is 0 Å². The molecule has 0 aromatic heterocycles. The highest BCUT2D eigenvalue weighted by Crippen LogP contribution is 2.37. The highest BCUT2D eigenvalue weighted by atomic mass is 16.3. The SMILES string of the molecule is O=CC1C=CCCC1C(=O)C1CC1O. The second kappa shape index (κ2) is 3.65. The van der Waals surface area contributed by atoms with Crippen molar-refractivity contribution in [3.8, 4) is 0 Å². The monoisotopic (exact) mass is 194 g/mol. The van der Waals surface area contributed by atoms with Gasteiger partial charge in [0, 0.05) is 17.8 Å². The standard InChI is InChI=1S/C11H14O3/c12-6-7-3-1-2-4-8(7)11(14)9-5-10(9)13/h1,3,6-10,13H,2,4-5H2. The van der Waals surface area contributed by atoms with E-state index in [9.17, 15) is 9.59 Å². The van der Waals surface area contributed by atoms with Gasteiger partial charge in [0.2, 0.25) is 0 Å². The molecule has 1 N–H and O–H groups in total. The van der Waals surface area contributed by atoms with Gasteiger partial charge < -0.3 is 9.90 Å². The predicted octanol–water partition coefficient (Wildman–Crippen LogP) is 0.718. The molecule has 14 heavy (non-hydrogen) atoms. The molecule has 1 saturated carbocycles. The van der Waals surface area contributed by atoms with Crippen molar-refractivity contribution in [1.29, 1.82) is 0 Å². The molecule has 4 atom stereocenters. The minimum absolute atomic E-state index is 0.0824. The van der Waals surface area contributed by atoms with Crippen molar-refractivity contribution >= 4 is 12.1 Å². The third kappa shape index (κ3) is 1.64. The van der Waals surface area contributed by atoms with Crippen molar-refractivity contribution in [3.05, 3.63) is 12.2 Å². The number of hydrogen-bond acceptors (Lipinski definition) is 3. The molecule has 3 nitrogen and oxygen atoms in total. The number of aldehydes is 1. The summed E-state index contributed by atoms with van der Waals surface area (Å²) in [4.78, 5) is 22.5. The number of aliphatic hydroxyl groups excluding tert-OH is 1. The zero-order chi connectivity index (χ0) is 10.1. The average molecular weight is 194 g/mol. The van der Waals surface area contributed by atoms with Crippen LogP contribution in [0.25, 0.3) is 0 Å². The van der Waals surface area contributed by atoms with Crippen LogP contribution in [0.2, 0.25) is 0 Å². The number of aliphatic hydroxyl groups is 1. The summed E-state index contributed by atoms with van der Waals surface area (Å²) in [5.41, 5.74) is 0. The van der Waals surface area contributed by atoms with Gasteiger partial charge in [-0.2, -0.15) is 0 Å². The van der Waals surface area contributed by atoms with Crippen LogP contribution in [0.5, 0.6) is 0 Å². The number of allylic oxidation sites excluding steroid dienone is 2. The second-order valence-corrected chi connectivity index (χ2v) is 4.14. The maximum Gasteiger partial charge on any atom is 0.142 e. The van der Waals surface area contributed by atoms with Crippen molar-refractivity contribution in [3.63, 3.8) is 0 Å². The van der Waals surface area contributed by atoms with E-state index in [1.54, 1.807) is 0 Å². The molecule has 76 valence electrons. The summed E-state index contributed by atoms with van der Waals surface area (Å²) >= 11 is 0. The molecule has 0 heterocycles. The number of hydrogen-bond donors (Lipinski definition) is 1. The number of Topliss-reactive ketones (excluding diaryl/α,β-unsaturated/α-hetero) is 1. The highest BCUT2D eigenvalue weighted by Gasteiger charge is 2.45. The first-order valence-corrected chi connectivity index (χ1v) is 5.08. The summed E-state index contributed by atoms with van der Waals surface area (Å²) in [6, 6.07) is 0. The number of carbonyl (C=O) groups excluding carboxylic acids is 2. The lowest BCUT2D eigenvalue weighted by Gasteiger charge is -2.21. The van der Waals surface area contributed by atoms with Gasteiger partial charge in [-0.05, 0) is 19.3 Å². The fourth-order valence-corrected chi connectivity index (χ4v) is 2.09. The molecule has 2 rings (SSSR count). The molecule has 0 aromatic rings. The van der Waals surface area contributed by atoms with Crippen LogP contribution < -0.4 is 0 Å². The van der Waals surface area contributed by atoms with Gasteiger partial charge in [-0.25, -0.2) is 0 Å². The van der Waals surface area contributed by atoms with E-state index in [4.69, 9.17) is 5.11 Å². The summed E-state index contributed by atoms with van der Waals surface area (Å²) in [7, 11) is 0. The van der Waals surface area contributed by atoms with Crippen molar-refractivity contribution in [2.75, 3.05) is 0 Å². The van der Waals surface area contributed by atoms with Crippen LogP contribution in [0.3, 0.4) is 0 Å². The van der Waals surface area contributed by atoms with Gasteiger partial charge in [0.15, 0.2) is 0 Å². The fourth-order valence-electron chi connectivity index (χ4n) is 2.09. The summed E-state index contributed by atoms with van der Waals surface area (Å²) < 4.78 is 0. The van der Waals surface area contributed by atoms with Crippen molar-refractivity contribution < 1.29 is 14.7 Å². The molecule has 0 spiro atoms. The van der Waals surface area contributed by atoms with E-state index in [1.807, 2.05) is 12.2 Å². The van der Waals surface area contributed by atoms with Gasteiger partial charge in [-0.15, -0.1) is 0 Å². The Morgan fingerprint density at radius 2 is 2.14 bits per heavy atom. The Bertz CT molecular complexity index is 282. The van der Waals surface area contributed by atoms with E-state index >= 15 is 0 Å². The van der Waals surface area contributed by atoms with Crippen LogP contribution in [0.15, 0.2) is 12.2 Å². The highest BCUT2D eigenvalue weighted by molar-refractivity contribution is 5.89. The second-order valence-electron chi connectivity index (χ2n) is 4.14. The molecule has 2 aliphatic rings.